The summed E-state index contributed by atoms with van der Waals surface area (Å²) in [6.45, 7) is -2.45. The van der Waals surface area contributed by atoms with Gasteiger partial charge in [-0.2, -0.15) is 8.78 Å². The zero-order valence-corrected chi connectivity index (χ0v) is 13.9. The van der Waals surface area contributed by atoms with Crippen LogP contribution in [0, 0.1) is 0 Å². The number of hydrogen-bond donors (Lipinski definition) is 1. The van der Waals surface area contributed by atoms with Crippen molar-refractivity contribution >= 4 is 5.91 Å². The number of aliphatic hydroxyl groups is 1. The number of halogens is 2. The lowest BCUT2D eigenvalue weighted by atomic mass is 9.97. The molecule has 0 aliphatic carbocycles. The van der Waals surface area contributed by atoms with E-state index in [2.05, 4.69) is 4.74 Å². The molecule has 0 aromatic heterocycles. The Balaban J connectivity index is 1.86. The molecule has 1 heterocycles. The third-order valence-corrected chi connectivity index (χ3v) is 4.26. The monoisotopic (exact) mass is 363 g/mol. The molecule has 0 radical (unpaired) electrons. The van der Waals surface area contributed by atoms with Gasteiger partial charge in [-0.25, -0.2) is 0 Å². The third kappa shape index (κ3) is 4.00. The lowest BCUT2D eigenvalue weighted by molar-refractivity contribution is -0.0811. The Labute approximate surface area is 149 Å². The van der Waals surface area contributed by atoms with Crippen LogP contribution in [-0.4, -0.2) is 48.4 Å². The molecule has 26 heavy (non-hydrogen) atoms. The largest absolute Gasteiger partial charge is 0.435 e. The zero-order valence-electron chi connectivity index (χ0n) is 13.9. The van der Waals surface area contributed by atoms with E-state index in [0.717, 1.165) is 5.56 Å². The Kier molecular flexibility index (Phi) is 5.80. The molecular formula is C19H19F2NO4. The van der Waals surface area contributed by atoms with Crippen molar-refractivity contribution in [2.24, 2.45) is 0 Å². The van der Waals surface area contributed by atoms with E-state index in [-0.39, 0.29) is 18.3 Å². The smallest absolute Gasteiger partial charge is 0.387 e. The van der Waals surface area contributed by atoms with E-state index in [1.54, 1.807) is 4.90 Å². The predicted octanol–water partition coefficient (Wildman–Crippen LogP) is 2.86. The number of nitrogens with zero attached hydrogens (tertiary/aromatic N) is 1. The molecule has 1 N–H and O–H groups in total. The van der Waals surface area contributed by atoms with Gasteiger partial charge in [0.15, 0.2) is 0 Å². The van der Waals surface area contributed by atoms with Gasteiger partial charge in [0.2, 0.25) is 0 Å². The first-order chi connectivity index (χ1) is 12.6. The van der Waals surface area contributed by atoms with Gasteiger partial charge in [0, 0.05) is 12.1 Å². The maximum absolute atomic E-state index is 13.0. The second kappa shape index (κ2) is 8.25. The molecule has 138 valence electrons. The normalized spacial score (nSPS) is 20.2. The van der Waals surface area contributed by atoms with Crippen molar-refractivity contribution in [2.45, 2.75) is 18.8 Å². The van der Waals surface area contributed by atoms with Gasteiger partial charge in [-0.3, -0.25) is 4.79 Å². The van der Waals surface area contributed by atoms with Gasteiger partial charge >= 0.3 is 6.61 Å². The Morgan fingerprint density at radius 1 is 1.19 bits per heavy atom. The van der Waals surface area contributed by atoms with Crippen molar-refractivity contribution in [2.75, 3.05) is 19.8 Å². The van der Waals surface area contributed by atoms with E-state index in [1.165, 1.54) is 24.3 Å². The SMILES string of the molecule is O=C(c1ccc(OC(F)F)cc1)N1CCO[C@@H](CO)[C@@H]1c1ccccc1. The van der Waals surface area contributed by atoms with Crippen LogP contribution >= 0.6 is 0 Å². The van der Waals surface area contributed by atoms with Crippen LogP contribution in [-0.2, 0) is 4.74 Å². The molecule has 3 rings (SSSR count). The highest BCUT2D eigenvalue weighted by molar-refractivity contribution is 5.94. The van der Waals surface area contributed by atoms with E-state index in [4.69, 9.17) is 4.74 Å². The molecule has 1 saturated heterocycles. The van der Waals surface area contributed by atoms with Crippen LogP contribution < -0.4 is 4.74 Å². The Morgan fingerprint density at radius 3 is 2.50 bits per heavy atom. The average Bonchev–Trinajstić information content (AvgIpc) is 2.67. The highest BCUT2D eigenvalue weighted by atomic mass is 19.3. The number of alkyl halides is 2. The van der Waals surface area contributed by atoms with Crippen LogP contribution in [0.25, 0.3) is 0 Å². The van der Waals surface area contributed by atoms with Crippen molar-refractivity contribution in [3.05, 3.63) is 65.7 Å². The molecule has 0 bridgehead atoms. The first-order valence-electron chi connectivity index (χ1n) is 8.23. The highest BCUT2D eigenvalue weighted by Crippen LogP contribution is 2.31. The fraction of sp³-hybridized carbons (Fsp3) is 0.316. The van der Waals surface area contributed by atoms with Crippen molar-refractivity contribution in [3.63, 3.8) is 0 Å². The Hall–Kier alpha value is -2.51. The van der Waals surface area contributed by atoms with Crippen molar-refractivity contribution in [1.29, 1.82) is 0 Å². The molecular weight excluding hydrogens is 344 g/mol. The molecule has 2 atom stereocenters. The van der Waals surface area contributed by atoms with E-state index >= 15 is 0 Å². The zero-order chi connectivity index (χ0) is 18.5. The lowest BCUT2D eigenvalue weighted by Gasteiger charge is -2.41. The van der Waals surface area contributed by atoms with Crippen LogP contribution in [0.4, 0.5) is 8.78 Å². The third-order valence-electron chi connectivity index (χ3n) is 4.26. The summed E-state index contributed by atoms with van der Waals surface area (Å²) in [6, 6.07) is 14.5. The summed E-state index contributed by atoms with van der Waals surface area (Å²) in [5, 5.41) is 9.66. The number of morpholine rings is 1. The van der Waals surface area contributed by atoms with Crippen molar-refractivity contribution in [3.8, 4) is 5.75 Å². The number of amides is 1. The Morgan fingerprint density at radius 2 is 1.88 bits per heavy atom. The number of carbonyl (C=O) groups is 1. The summed E-state index contributed by atoms with van der Waals surface area (Å²) in [7, 11) is 0. The quantitative estimate of drug-likeness (QED) is 0.888. The van der Waals surface area contributed by atoms with Crippen molar-refractivity contribution in [1.82, 2.24) is 4.90 Å². The minimum absolute atomic E-state index is 0.00799. The van der Waals surface area contributed by atoms with Gasteiger partial charge in [0.05, 0.1) is 19.3 Å². The molecule has 1 aliphatic heterocycles. The number of benzene rings is 2. The van der Waals surface area contributed by atoms with Gasteiger partial charge in [0.1, 0.15) is 11.9 Å². The molecule has 0 saturated carbocycles. The maximum atomic E-state index is 13.0. The van der Waals surface area contributed by atoms with Gasteiger partial charge in [0.25, 0.3) is 5.91 Å². The predicted molar refractivity (Wildman–Crippen MR) is 90.1 cm³/mol. The molecule has 2 aromatic rings. The maximum Gasteiger partial charge on any atom is 0.387 e. The van der Waals surface area contributed by atoms with Gasteiger partial charge in [-0.05, 0) is 29.8 Å². The van der Waals surface area contributed by atoms with Gasteiger partial charge in [-0.15, -0.1) is 0 Å². The standard InChI is InChI=1S/C19H19F2NO4/c20-19(21)26-15-8-6-14(7-9-15)18(24)22-10-11-25-16(12-23)17(22)13-4-2-1-3-5-13/h1-9,16-17,19,23H,10-12H2/t16-,17-/m0/s1. The highest BCUT2D eigenvalue weighted by Gasteiger charge is 2.36. The Bertz CT molecular complexity index is 724. The average molecular weight is 363 g/mol. The first kappa shape index (κ1) is 18.3. The molecule has 0 unspecified atom stereocenters. The van der Waals surface area contributed by atoms with Gasteiger partial charge < -0.3 is 19.5 Å². The fourth-order valence-electron chi connectivity index (χ4n) is 3.10. The van der Waals surface area contributed by atoms with E-state index < -0.39 is 18.8 Å². The lowest BCUT2D eigenvalue weighted by Crippen LogP contribution is -2.49. The summed E-state index contributed by atoms with van der Waals surface area (Å²) in [5.41, 5.74) is 1.21. The first-order valence-corrected chi connectivity index (χ1v) is 8.23. The number of ether oxygens (including phenoxy) is 2. The number of aliphatic hydroxyl groups excluding tert-OH is 1. The van der Waals surface area contributed by atoms with E-state index in [0.29, 0.717) is 18.7 Å². The van der Waals surface area contributed by atoms with Crippen molar-refractivity contribution < 1.29 is 28.2 Å². The second-order valence-electron chi connectivity index (χ2n) is 5.85. The number of hydrogen-bond acceptors (Lipinski definition) is 4. The minimum atomic E-state index is -2.91. The van der Waals surface area contributed by atoms with Crippen LogP contribution in [0.15, 0.2) is 54.6 Å². The summed E-state index contributed by atoms with van der Waals surface area (Å²) in [4.78, 5) is 14.6. The molecule has 2 aromatic carbocycles. The van der Waals surface area contributed by atoms with E-state index in [9.17, 15) is 18.7 Å². The van der Waals surface area contributed by atoms with E-state index in [1.807, 2.05) is 30.3 Å². The molecule has 5 nitrogen and oxygen atoms in total. The van der Waals surface area contributed by atoms with Crippen LogP contribution in [0.1, 0.15) is 22.0 Å². The summed E-state index contributed by atoms with van der Waals surface area (Å²) in [6.07, 6.45) is -0.531. The summed E-state index contributed by atoms with van der Waals surface area (Å²) in [5.74, 6) is -0.268. The second-order valence-corrected chi connectivity index (χ2v) is 5.85. The number of carbonyl (C=O) groups excluding carboxylic acids is 1. The van der Waals surface area contributed by atoms with Crippen LogP contribution in [0.2, 0.25) is 0 Å². The fourth-order valence-corrected chi connectivity index (χ4v) is 3.10. The molecule has 1 aliphatic rings. The topological polar surface area (TPSA) is 59.0 Å². The van der Waals surface area contributed by atoms with Crippen LogP contribution in [0.3, 0.4) is 0 Å². The van der Waals surface area contributed by atoms with Gasteiger partial charge in [-0.1, -0.05) is 30.3 Å². The summed E-state index contributed by atoms with van der Waals surface area (Å²) >= 11 is 0. The minimum Gasteiger partial charge on any atom is -0.435 e. The molecule has 7 heteroatoms. The molecule has 1 amide bonds. The number of rotatable bonds is 5. The summed E-state index contributed by atoms with van der Waals surface area (Å²) < 4.78 is 34.4. The molecule has 1 fully saturated rings. The van der Waals surface area contributed by atoms with Crippen LogP contribution in [0.5, 0.6) is 5.75 Å². The molecule has 0 spiro atoms.